The van der Waals surface area contributed by atoms with Gasteiger partial charge in [-0.15, -0.1) is 0 Å². The number of carboxylic acid groups (broad SMARTS) is 1. The van der Waals surface area contributed by atoms with Gasteiger partial charge in [-0.05, 0) is 57.9 Å². The molecule has 2 N–H and O–H groups in total. The SMILES string of the molecule is C[C@@H](C(=O)NC(C(=O)N1CCC[C@H]1CN(CCc1ccccc1)C(=O)C(=O)O)C(C)(C)C)N(C)C(=O)OC(C)(C)C. The number of likely N-dealkylation sites (tertiary alicyclic amines) is 1. The van der Waals surface area contributed by atoms with Crippen molar-refractivity contribution >= 4 is 29.8 Å². The second-order valence-electron chi connectivity index (χ2n) is 12.7. The topological polar surface area (TPSA) is 137 Å². The van der Waals surface area contributed by atoms with Gasteiger partial charge in [-0.25, -0.2) is 9.59 Å². The Morgan fingerprint density at radius 3 is 2.22 bits per heavy atom. The second-order valence-corrected chi connectivity index (χ2v) is 12.7. The third-order valence-corrected chi connectivity index (χ3v) is 7.12. The maximum atomic E-state index is 13.9. The average Bonchev–Trinajstić information content (AvgIpc) is 3.34. The molecule has 2 rings (SSSR count). The summed E-state index contributed by atoms with van der Waals surface area (Å²) in [5.74, 6) is -3.38. The van der Waals surface area contributed by atoms with Gasteiger partial charge in [-0.3, -0.25) is 19.3 Å². The van der Waals surface area contributed by atoms with Crippen molar-refractivity contribution in [1.29, 1.82) is 0 Å². The minimum Gasteiger partial charge on any atom is -0.474 e. The normalized spacial score (nSPS) is 16.9. The molecule has 0 aromatic heterocycles. The van der Waals surface area contributed by atoms with Gasteiger partial charge in [-0.1, -0.05) is 51.1 Å². The minimum atomic E-state index is -1.54. The van der Waals surface area contributed by atoms with Crippen LogP contribution in [0, 0.1) is 5.41 Å². The summed E-state index contributed by atoms with van der Waals surface area (Å²) in [6.45, 7) is 13.0. The fourth-order valence-electron chi connectivity index (χ4n) is 4.64. The van der Waals surface area contributed by atoms with E-state index in [1.54, 1.807) is 32.6 Å². The molecule has 1 aromatic carbocycles. The van der Waals surface area contributed by atoms with Crippen LogP contribution in [0.2, 0.25) is 0 Å². The van der Waals surface area contributed by atoms with Crippen LogP contribution in [-0.2, 0) is 30.3 Å². The van der Waals surface area contributed by atoms with E-state index >= 15 is 0 Å². The Morgan fingerprint density at radius 2 is 1.68 bits per heavy atom. The molecular formula is C30H46N4O7. The molecule has 0 spiro atoms. The molecule has 1 unspecified atom stereocenters. The highest BCUT2D eigenvalue weighted by Crippen LogP contribution is 2.27. The lowest BCUT2D eigenvalue weighted by atomic mass is 9.85. The summed E-state index contributed by atoms with van der Waals surface area (Å²) in [6, 6.07) is 7.24. The number of hydrogen-bond acceptors (Lipinski definition) is 6. The van der Waals surface area contributed by atoms with Crippen LogP contribution < -0.4 is 5.32 Å². The van der Waals surface area contributed by atoms with Gasteiger partial charge in [0.15, 0.2) is 0 Å². The Bertz CT molecular complexity index is 1090. The van der Waals surface area contributed by atoms with E-state index in [2.05, 4.69) is 5.32 Å². The standard InChI is InChI=1S/C30H46N4O7/c1-20(32(8)28(40)41-30(5,6)7)24(35)31-23(29(2,3)4)25(36)34-17-12-15-22(34)19-33(26(37)27(38)39)18-16-21-13-10-9-11-14-21/h9-11,13-14,20,22-23H,12,15-19H2,1-8H3,(H,31,35)(H,38,39)/t20-,22-,23?/m0/s1. The number of carbonyl (C=O) groups is 5. The van der Waals surface area contributed by atoms with E-state index < -0.39 is 53.0 Å². The molecule has 41 heavy (non-hydrogen) atoms. The van der Waals surface area contributed by atoms with Gasteiger partial charge < -0.3 is 25.0 Å². The van der Waals surface area contributed by atoms with Gasteiger partial charge in [0.25, 0.3) is 0 Å². The van der Waals surface area contributed by atoms with Crippen LogP contribution in [0.25, 0.3) is 0 Å². The predicted octanol–water partition coefficient (Wildman–Crippen LogP) is 2.92. The van der Waals surface area contributed by atoms with Crippen molar-refractivity contribution in [3.63, 3.8) is 0 Å². The highest BCUT2D eigenvalue weighted by atomic mass is 16.6. The van der Waals surface area contributed by atoms with Crippen molar-refractivity contribution in [3.05, 3.63) is 35.9 Å². The minimum absolute atomic E-state index is 0.0757. The monoisotopic (exact) mass is 574 g/mol. The van der Waals surface area contributed by atoms with Crippen molar-refractivity contribution in [2.75, 3.05) is 26.7 Å². The Morgan fingerprint density at radius 1 is 1.07 bits per heavy atom. The number of ether oxygens (including phenoxy) is 1. The molecule has 3 atom stereocenters. The van der Waals surface area contributed by atoms with Crippen LogP contribution in [-0.4, -0.2) is 100.0 Å². The summed E-state index contributed by atoms with van der Waals surface area (Å²) < 4.78 is 5.36. The number of amides is 4. The molecular weight excluding hydrogens is 528 g/mol. The molecule has 1 heterocycles. The number of rotatable bonds is 9. The first-order valence-electron chi connectivity index (χ1n) is 14.0. The Kier molecular flexibility index (Phi) is 11.3. The summed E-state index contributed by atoms with van der Waals surface area (Å²) in [4.78, 5) is 67.9. The van der Waals surface area contributed by atoms with E-state index in [1.807, 2.05) is 51.1 Å². The fraction of sp³-hybridized carbons (Fsp3) is 0.633. The molecule has 0 aliphatic carbocycles. The lowest BCUT2D eigenvalue weighted by Gasteiger charge is -2.38. The number of carbonyl (C=O) groups excluding carboxylic acids is 4. The van der Waals surface area contributed by atoms with Crippen LogP contribution in [0.15, 0.2) is 30.3 Å². The largest absolute Gasteiger partial charge is 0.474 e. The third kappa shape index (κ3) is 9.75. The third-order valence-electron chi connectivity index (χ3n) is 7.12. The van der Waals surface area contributed by atoms with Gasteiger partial charge in [0.2, 0.25) is 11.8 Å². The summed E-state index contributed by atoms with van der Waals surface area (Å²) in [7, 11) is 1.46. The molecule has 11 nitrogen and oxygen atoms in total. The highest BCUT2D eigenvalue weighted by molar-refractivity contribution is 6.31. The number of carboxylic acids is 1. The van der Waals surface area contributed by atoms with Crippen molar-refractivity contribution in [3.8, 4) is 0 Å². The first-order chi connectivity index (χ1) is 18.9. The predicted molar refractivity (Wildman–Crippen MR) is 154 cm³/mol. The van der Waals surface area contributed by atoms with E-state index in [-0.39, 0.29) is 19.0 Å². The van der Waals surface area contributed by atoms with Crippen molar-refractivity contribution in [1.82, 2.24) is 20.0 Å². The van der Waals surface area contributed by atoms with Gasteiger partial charge in [0.05, 0.1) is 0 Å². The van der Waals surface area contributed by atoms with Crippen molar-refractivity contribution in [2.45, 2.75) is 91.5 Å². The first kappa shape index (κ1) is 33.6. The van der Waals surface area contributed by atoms with E-state index in [4.69, 9.17) is 4.74 Å². The second kappa shape index (κ2) is 13.8. The Hall–Kier alpha value is -3.63. The molecule has 1 aliphatic heterocycles. The van der Waals surface area contributed by atoms with Gasteiger partial charge in [0.1, 0.15) is 17.7 Å². The number of nitrogens with one attached hydrogen (secondary N) is 1. The van der Waals surface area contributed by atoms with E-state index in [0.717, 1.165) is 5.56 Å². The van der Waals surface area contributed by atoms with E-state index in [9.17, 15) is 29.1 Å². The number of hydrogen-bond donors (Lipinski definition) is 2. The Balaban J connectivity index is 2.19. The molecule has 0 saturated carbocycles. The van der Waals surface area contributed by atoms with Crippen LogP contribution in [0.1, 0.15) is 66.9 Å². The highest BCUT2D eigenvalue weighted by Gasteiger charge is 2.41. The Labute approximate surface area is 243 Å². The zero-order chi connectivity index (χ0) is 31.1. The zero-order valence-electron chi connectivity index (χ0n) is 25.6. The maximum Gasteiger partial charge on any atom is 0.410 e. The zero-order valence-corrected chi connectivity index (χ0v) is 25.6. The molecule has 11 heteroatoms. The lowest BCUT2D eigenvalue weighted by molar-refractivity contribution is -0.156. The molecule has 0 bridgehead atoms. The molecule has 0 radical (unpaired) electrons. The van der Waals surface area contributed by atoms with Crippen molar-refractivity contribution in [2.24, 2.45) is 5.41 Å². The molecule has 1 aliphatic rings. The molecule has 228 valence electrons. The summed E-state index contributed by atoms with van der Waals surface area (Å²) in [5, 5.41) is 12.3. The van der Waals surface area contributed by atoms with E-state index in [1.165, 1.54) is 16.8 Å². The first-order valence-corrected chi connectivity index (χ1v) is 14.0. The lowest BCUT2D eigenvalue weighted by Crippen LogP contribution is -2.60. The average molecular weight is 575 g/mol. The molecule has 4 amide bonds. The quantitative estimate of drug-likeness (QED) is 0.433. The fourth-order valence-corrected chi connectivity index (χ4v) is 4.64. The van der Waals surface area contributed by atoms with Crippen LogP contribution in [0.3, 0.4) is 0 Å². The number of aliphatic carboxylic acids is 1. The van der Waals surface area contributed by atoms with Crippen LogP contribution in [0.5, 0.6) is 0 Å². The van der Waals surface area contributed by atoms with E-state index in [0.29, 0.717) is 25.8 Å². The summed E-state index contributed by atoms with van der Waals surface area (Å²) in [6.07, 6.45) is 1.11. The van der Waals surface area contributed by atoms with Gasteiger partial charge in [-0.2, -0.15) is 0 Å². The maximum absolute atomic E-state index is 13.9. The number of nitrogens with zero attached hydrogens (tertiary/aromatic N) is 3. The van der Waals surface area contributed by atoms with Crippen molar-refractivity contribution < 1.29 is 33.8 Å². The number of benzene rings is 1. The van der Waals surface area contributed by atoms with Crippen LogP contribution >= 0.6 is 0 Å². The van der Waals surface area contributed by atoms with Crippen LogP contribution in [0.4, 0.5) is 4.79 Å². The van der Waals surface area contributed by atoms with Gasteiger partial charge in [0, 0.05) is 32.7 Å². The number of likely N-dealkylation sites (N-methyl/N-ethyl adjacent to an activating group) is 1. The molecule has 1 saturated heterocycles. The molecule has 1 fully saturated rings. The molecule has 1 aromatic rings. The smallest absolute Gasteiger partial charge is 0.410 e. The van der Waals surface area contributed by atoms with Gasteiger partial charge >= 0.3 is 18.0 Å². The summed E-state index contributed by atoms with van der Waals surface area (Å²) in [5.41, 5.74) is -0.433. The summed E-state index contributed by atoms with van der Waals surface area (Å²) >= 11 is 0.